The maximum absolute atomic E-state index is 13.0. The summed E-state index contributed by atoms with van der Waals surface area (Å²) in [5, 5.41) is 0. The van der Waals surface area contributed by atoms with Crippen molar-refractivity contribution >= 4 is 18.0 Å². The van der Waals surface area contributed by atoms with Crippen molar-refractivity contribution in [2.45, 2.75) is 13.8 Å². The van der Waals surface area contributed by atoms with Crippen molar-refractivity contribution in [3.63, 3.8) is 0 Å². The highest BCUT2D eigenvalue weighted by Gasteiger charge is 2.28. The zero-order chi connectivity index (χ0) is 18.7. The Morgan fingerprint density at radius 3 is 2.50 bits per heavy atom. The lowest BCUT2D eigenvalue weighted by molar-refractivity contribution is 0.101. The van der Waals surface area contributed by atoms with E-state index in [9.17, 15) is 14.0 Å². The van der Waals surface area contributed by atoms with E-state index in [1.165, 1.54) is 18.2 Å². The number of hydrogen-bond acceptors (Lipinski definition) is 4. The van der Waals surface area contributed by atoms with Gasteiger partial charge >= 0.3 is 6.09 Å². The van der Waals surface area contributed by atoms with Gasteiger partial charge in [-0.25, -0.2) is 9.18 Å². The molecule has 0 saturated carbocycles. The summed E-state index contributed by atoms with van der Waals surface area (Å²) in [5.41, 5.74) is 1.04. The smallest absolute Gasteiger partial charge is 0.415 e. The van der Waals surface area contributed by atoms with Gasteiger partial charge in [-0.05, 0) is 49.8 Å². The zero-order valence-corrected chi connectivity index (χ0v) is 14.5. The molecule has 134 valence electrons. The number of ketones is 1. The number of ether oxygens (including phenoxy) is 2. The molecule has 0 unspecified atom stereocenters. The fraction of sp³-hybridized carbons (Fsp3) is 0.200. The number of hydrogen-bond donors (Lipinski definition) is 0. The molecule has 0 fully saturated rings. The van der Waals surface area contributed by atoms with E-state index in [1.54, 1.807) is 35.2 Å². The molecule has 0 bridgehead atoms. The van der Waals surface area contributed by atoms with Gasteiger partial charge in [0.1, 0.15) is 17.3 Å². The largest absolute Gasteiger partial charge is 0.452 e. The van der Waals surface area contributed by atoms with Crippen LogP contribution in [0, 0.1) is 5.82 Å². The Morgan fingerprint density at radius 1 is 1.15 bits per heavy atom. The van der Waals surface area contributed by atoms with Crippen molar-refractivity contribution in [3.8, 4) is 11.5 Å². The number of amides is 1. The van der Waals surface area contributed by atoms with Crippen LogP contribution in [-0.2, 0) is 0 Å². The Balaban J connectivity index is 1.80. The maximum Gasteiger partial charge on any atom is 0.415 e. The summed E-state index contributed by atoms with van der Waals surface area (Å²) >= 11 is 0. The molecule has 1 amide bonds. The Labute approximate surface area is 150 Å². The van der Waals surface area contributed by atoms with Crippen molar-refractivity contribution in [3.05, 3.63) is 65.2 Å². The average Bonchev–Trinajstić information content (AvgIpc) is 2.93. The van der Waals surface area contributed by atoms with Crippen LogP contribution in [0.2, 0.25) is 0 Å². The van der Waals surface area contributed by atoms with E-state index in [-0.39, 0.29) is 17.4 Å². The van der Waals surface area contributed by atoms with Crippen molar-refractivity contribution in [1.82, 2.24) is 4.90 Å². The van der Waals surface area contributed by atoms with Gasteiger partial charge in [0.05, 0.1) is 5.56 Å². The molecular formula is C20H18FNO4. The monoisotopic (exact) mass is 355 g/mol. The summed E-state index contributed by atoms with van der Waals surface area (Å²) in [7, 11) is 0. The second-order valence-electron chi connectivity index (χ2n) is 5.69. The first-order valence-electron chi connectivity index (χ1n) is 8.32. The van der Waals surface area contributed by atoms with Crippen LogP contribution in [0.1, 0.15) is 29.8 Å². The maximum atomic E-state index is 13.0. The number of carbonyl (C=O) groups excluding carboxylic acids is 2. The molecule has 6 heteroatoms. The third-order valence-corrected chi connectivity index (χ3v) is 4.04. The van der Waals surface area contributed by atoms with Crippen LogP contribution in [0.15, 0.2) is 48.2 Å². The van der Waals surface area contributed by atoms with Gasteiger partial charge < -0.3 is 14.4 Å². The summed E-state index contributed by atoms with van der Waals surface area (Å²) in [6, 6.07) is 10.4. The van der Waals surface area contributed by atoms with Gasteiger partial charge in [0.15, 0.2) is 5.76 Å². The van der Waals surface area contributed by atoms with Crippen LogP contribution in [0.5, 0.6) is 11.5 Å². The Kier molecular flexibility index (Phi) is 5.02. The molecule has 0 aromatic heterocycles. The van der Waals surface area contributed by atoms with Crippen molar-refractivity contribution in [1.29, 1.82) is 0 Å². The third kappa shape index (κ3) is 3.59. The van der Waals surface area contributed by atoms with E-state index in [0.717, 1.165) is 0 Å². The van der Waals surface area contributed by atoms with E-state index in [4.69, 9.17) is 9.47 Å². The van der Waals surface area contributed by atoms with Gasteiger partial charge in [-0.15, -0.1) is 0 Å². The second kappa shape index (κ2) is 7.39. The molecule has 1 aliphatic rings. The first kappa shape index (κ1) is 17.7. The summed E-state index contributed by atoms with van der Waals surface area (Å²) in [5.74, 6) is 0.142. The molecule has 0 aliphatic carbocycles. The molecule has 0 atom stereocenters. The van der Waals surface area contributed by atoms with E-state index in [2.05, 4.69) is 0 Å². The van der Waals surface area contributed by atoms with Gasteiger partial charge in [0.2, 0.25) is 5.78 Å². The molecule has 0 N–H and O–H groups in total. The first-order valence-corrected chi connectivity index (χ1v) is 8.32. The van der Waals surface area contributed by atoms with E-state index >= 15 is 0 Å². The zero-order valence-electron chi connectivity index (χ0n) is 14.5. The van der Waals surface area contributed by atoms with E-state index in [1.807, 2.05) is 13.8 Å². The Morgan fingerprint density at radius 2 is 1.85 bits per heavy atom. The molecular weight excluding hydrogens is 337 g/mol. The molecule has 2 aromatic carbocycles. The number of Topliss-reactive ketones (excluding diaryl/α,β-unsaturated/α-hetero) is 1. The molecule has 1 heterocycles. The summed E-state index contributed by atoms with van der Waals surface area (Å²) in [6.45, 7) is 4.81. The molecule has 1 aliphatic heterocycles. The number of halogens is 1. The van der Waals surface area contributed by atoms with E-state index < -0.39 is 6.09 Å². The standard InChI is InChI=1S/C20H18FNO4/c1-3-22(4-2)20(24)25-15-9-10-16-17(12-15)26-18(19(16)23)11-13-5-7-14(21)8-6-13/h5-12H,3-4H2,1-2H3/b18-11-. The molecule has 0 saturated heterocycles. The minimum absolute atomic E-state index is 0.138. The van der Waals surface area contributed by atoms with Crippen molar-refractivity contribution < 1.29 is 23.5 Å². The minimum Gasteiger partial charge on any atom is -0.452 e. The molecule has 0 spiro atoms. The number of rotatable bonds is 4. The minimum atomic E-state index is -0.457. The summed E-state index contributed by atoms with van der Waals surface area (Å²) < 4.78 is 23.9. The molecule has 5 nitrogen and oxygen atoms in total. The number of benzene rings is 2. The fourth-order valence-corrected chi connectivity index (χ4v) is 2.59. The van der Waals surface area contributed by atoms with Gasteiger partial charge in [-0.1, -0.05) is 12.1 Å². The molecule has 3 rings (SSSR count). The molecule has 0 radical (unpaired) electrons. The van der Waals surface area contributed by atoms with Gasteiger partial charge in [-0.2, -0.15) is 0 Å². The normalized spacial score (nSPS) is 14.1. The number of carbonyl (C=O) groups is 2. The highest BCUT2D eigenvalue weighted by molar-refractivity contribution is 6.14. The van der Waals surface area contributed by atoms with Crippen molar-refractivity contribution in [2.24, 2.45) is 0 Å². The number of allylic oxidation sites excluding steroid dienone is 1. The summed E-state index contributed by atoms with van der Waals surface area (Å²) in [6.07, 6.45) is 1.09. The quantitative estimate of drug-likeness (QED) is 0.768. The highest BCUT2D eigenvalue weighted by atomic mass is 19.1. The van der Waals surface area contributed by atoms with E-state index in [0.29, 0.717) is 35.7 Å². The number of nitrogens with zero attached hydrogens (tertiary/aromatic N) is 1. The Hall–Kier alpha value is -3.15. The number of fused-ring (bicyclic) bond motifs is 1. The van der Waals surface area contributed by atoms with Crippen LogP contribution in [0.25, 0.3) is 6.08 Å². The van der Waals surface area contributed by atoms with Gasteiger partial charge in [-0.3, -0.25) is 4.79 Å². The second-order valence-corrected chi connectivity index (χ2v) is 5.69. The lowest BCUT2D eigenvalue weighted by atomic mass is 10.1. The fourth-order valence-electron chi connectivity index (χ4n) is 2.59. The summed E-state index contributed by atoms with van der Waals surface area (Å²) in [4.78, 5) is 26.0. The lowest BCUT2D eigenvalue weighted by Gasteiger charge is -2.17. The van der Waals surface area contributed by atoms with Crippen LogP contribution >= 0.6 is 0 Å². The predicted octanol–water partition coefficient (Wildman–Crippen LogP) is 4.28. The van der Waals surface area contributed by atoms with Gasteiger partial charge in [0, 0.05) is 19.2 Å². The highest BCUT2D eigenvalue weighted by Crippen LogP contribution is 2.35. The SMILES string of the molecule is CCN(CC)C(=O)Oc1ccc2c(c1)O/C(=C\c1ccc(F)cc1)C2=O. The average molecular weight is 355 g/mol. The van der Waals surface area contributed by atoms with Crippen LogP contribution in [-0.4, -0.2) is 29.9 Å². The van der Waals surface area contributed by atoms with Crippen LogP contribution < -0.4 is 9.47 Å². The van der Waals surface area contributed by atoms with Crippen molar-refractivity contribution in [2.75, 3.05) is 13.1 Å². The molecule has 2 aromatic rings. The topological polar surface area (TPSA) is 55.8 Å². The predicted molar refractivity (Wildman–Crippen MR) is 94.7 cm³/mol. The third-order valence-electron chi connectivity index (χ3n) is 4.04. The molecule has 26 heavy (non-hydrogen) atoms. The van der Waals surface area contributed by atoms with Gasteiger partial charge in [0.25, 0.3) is 0 Å². The lowest BCUT2D eigenvalue weighted by Crippen LogP contribution is -2.33. The van der Waals surface area contributed by atoms with Crippen LogP contribution in [0.4, 0.5) is 9.18 Å². The first-order chi connectivity index (χ1) is 12.5. The van der Waals surface area contributed by atoms with Crippen LogP contribution in [0.3, 0.4) is 0 Å². The Bertz CT molecular complexity index is 870.